The van der Waals surface area contributed by atoms with Crippen LogP contribution >= 0.6 is 0 Å². The van der Waals surface area contributed by atoms with Crippen molar-refractivity contribution in [2.75, 3.05) is 29.4 Å². The lowest BCUT2D eigenvalue weighted by Gasteiger charge is -2.58. The van der Waals surface area contributed by atoms with Crippen LogP contribution in [0.3, 0.4) is 0 Å². The number of carbonyl (C=O) groups is 2. The van der Waals surface area contributed by atoms with Crippen molar-refractivity contribution in [3.63, 3.8) is 0 Å². The minimum absolute atomic E-state index is 0.119. The van der Waals surface area contributed by atoms with E-state index in [1.54, 1.807) is 12.1 Å². The normalized spacial score (nSPS) is 33.0. The number of rotatable bonds is 5. The molecule has 0 radical (unpaired) electrons. The van der Waals surface area contributed by atoms with Crippen molar-refractivity contribution in [2.45, 2.75) is 56.7 Å². The summed E-state index contributed by atoms with van der Waals surface area (Å²) in [5.41, 5.74) is 5.66. The number of hydrogen-bond donors (Lipinski definition) is 3. The van der Waals surface area contributed by atoms with E-state index in [9.17, 15) is 14.7 Å². The van der Waals surface area contributed by atoms with Crippen molar-refractivity contribution < 1.29 is 14.7 Å². The predicted molar refractivity (Wildman–Crippen MR) is 136 cm³/mol. The number of aliphatic hydroxyl groups is 1. The minimum atomic E-state index is -0.506. The van der Waals surface area contributed by atoms with E-state index in [2.05, 4.69) is 27.0 Å². The maximum Gasteiger partial charge on any atom is 0.270 e. The lowest BCUT2D eigenvalue weighted by Crippen LogP contribution is -2.61. The van der Waals surface area contributed by atoms with Crippen molar-refractivity contribution in [3.05, 3.63) is 47.8 Å². The number of anilines is 2. The van der Waals surface area contributed by atoms with E-state index in [0.29, 0.717) is 29.0 Å². The third-order valence-corrected chi connectivity index (χ3v) is 8.78. The van der Waals surface area contributed by atoms with Crippen LogP contribution in [0.1, 0.15) is 59.9 Å². The van der Waals surface area contributed by atoms with Gasteiger partial charge in [-0.25, -0.2) is 9.97 Å². The Morgan fingerprint density at radius 2 is 1.86 bits per heavy atom. The summed E-state index contributed by atoms with van der Waals surface area (Å²) in [4.78, 5) is 38.1. The molecule has 0 aromatic carbocycles. The second kappa shape index (κ2) is 8.73. The number of hydrogen-bond acceptors (Lipinski definition) is 7. The highest BCUT2D eigenvalue weighted by molar-refractivity contribution is 5.93. The quantitative estimate of drug-likeness (QED) is 0.585. The molecule has 3 atom stereocenters. The molecule has 5 fully saturated rings. The van der Waals surface area contributed by atoms with E-state index < -0.39 is 11.5 Å². The van der Waals surface area contributed by atoms with Crippen molar-refractivity contribution in [2.24, 2.45) is 23.5 Å². The van der Waals surface area contributed by atoms with Crippen molar-refractivity contribution in [3.8, 4) is 0 Å². The summed E-state index contributed by atoms with van der Waals surface area (Å²) in [6, 6.07) is 9.47. The maximum absolute atomic E-state index is 13.2. The average molecular weight is 491 g/mol. The molecule has 9 nitrogen and oxygen atoms in total. The molecule has 4 bridgehead atoms. The maximum atomic E-state index is 13.2. The minimum Gasteiger partial charge on any atom is -0.390 e. The standard InChI is InChI=1S/C27H34N6O3/c1-16-15-32(22-6-5-18(14-29-22)25(28)34)7-8-33(16)23-4-2-3-21(30-23)26(35)31-24-19-9-17-10-20(24)13-27(36,11-17)12-19/h2-6,14,16-17,19-20,24,36H,7-13,15H2,1H3,(H2,28,34)(H,31,35)/t16-,17?,19?,20?,24?,27?/m1/s1. The fourth-order valence-corrected chi connectivity index (χ4v) is 7.38. The van der Waals surface area contributed by atoms with Gasteiger partial charge in [-0.15, -0.1) is 0 Å². The number of amides is 2. The van der Waals surface area contributed by atoms with Gasteiger partial charge >= 0.3 is 0 Å². The summed E-state index contributed by atoms with van der Waals surface area (Å²) < 4.78 is 0. The highest BCUT2D eigenvalue weighted by atomic mass is 16.3. The first kappa shape index (κ1) is 23.2. The van der Waals surface area contributed by atoms with E-state index in [0.717, 1.165) is 63.4 Å². The lowest BCUT2D eigenvalue weighted by atomic mass is 9.52. The molecule has 3 heterocycles. The summed E-state index contributed by atoms with van der Waals surface area (Å²) in [7, 11) is 0. The Bertz CT molecular complexity index is 1150. The molecule has 4 N–H and O–H groups in total. The van der Waals surface area contributed by atoms with Crippen LogP contribution in [-0.2, 0) is 0 Å². The van der Waals surface area contributed by atoms with Crippen LogP contribution in [-0.4, -0.2) is 64.2 Å². The third-order valence-electron chi connectivity index (χ3n) is 8.78. The number of nitrogens with two attached hydrogens (primary N) is 1. The molecular formula is C27H34N6O3. The van der Waals surface area contributed by atoms with Gasteiger partial charge in [0, 0.05) is 37.9 Å². The summed E-state index contributed by atoms with van der Waals surface area (Å²) in [5, 5.41) is 14.1. The van der Waals surface area contributed by atoms with Gasteiger partial charge in [-0.2, -0.15) is 0 Å². The molecule has 4 saturated carbocycles. The molecule has 190 valence electrons. The van der Waals surface area contributed by atoms with Gasteiger partial charge in [-0.05, 0) is 81.0 Å². The van der Waals surface area contributed by atoms with Crippen LogP contribution in [0.15, 0.2) is 36.5 Å². The van der Waals surface area contributed by atoms with Crippen LogP contribution in [0.5, 0.6) is 0 Å². The summed E-state index contributed by atoms with van der Waals surface area (Å²) in [6.07, 6.45) is 6.28. The lowest BCUT2D eigenvalue weighted by molar-refractivity contribution is -0.136. The number of aromatic nitrogens is 2. The largest absolute Gasteiger partial charge is 0.390 e. The van der Waals surface area contributed by atoms with E-state index in [4.69, 9.17) is 10.7 Å². The van der Waals surface area contributed by atoms with Crippen molar-refractivity contribution >= 4 is 23.5 Å². The Morgan fingerprint density at radius 1 is 1.08 bits per heavy atom. The highest BCUT2D eigenvalue weighted by Gasteiger charge is 2.55. The van der Waals surface area contributed by atoms with Crippen molar-refractivity contribution in [1.82, 2.24) is 15.3 Å². The third kappa shape index (κ3) is 4.19. The Kier molecular flexibility index (Phi) is 5.63. The van der Waals surface area contributed by atoms with Gasteiger partial charge in [-0.1, -0.05) is 6.07 Å². The number of pyridine rings is 2. The van der Waals surface area contributed by atoms with Gasteiger partial charge in [-0.3, -0.25) is 9.59 Å². The van der Waals surface area contributed by atoms with Crippen LogP contribution in [0.25, 0.3) is 0 Å². The summed E-state index contributed by atoms with van der Waals surface area (Å²) in [5.74, 6) is 2.35. The summed E-state index contributed by atoms with van der Waals surface area (Å²) in [6.45, 7) is 4.38. The predicted octanol–water partition coefficient (Wildman–Crippen LogP) is 1.96. The van der Waals surface area contributed by atoms with E-state index in [1.165, 1.54) is 6.20 Å². The second-order valence-electron chi connectivity index (χ2n) is 11.3. The van der Waals surface area contributed by atoms with Crippen LogP contribution in [0.4, 0.5) is 11.6 Å². The molecule has 7 rings (SSSR count). The van der Waals surface area contributed by atoms with E-state index >= 15 is 0 Å². The topological polar surface area (TPSA) is 125 Å². The zero-order chi connectivity index (χ0) is 25.0. The molecular weight excluding hydrogens is 456 g/mol. The van der Waals surface area contributed by atoms with Gasteiger partial charge in [0.25, 0.3) is 5.91 Å². The molecule has 5 aliphatic rings. The van der Waals surface area contributed by atoms with Gasteiger partial charge in [0.2, 0.25) is 5.91 Å². The number of piperazine rings is 1. The SMILES string of the molecule is C[C@@H]1CN(c2ccc(C(N)=O)cn2)CCN1c1cccc(C(=O)NC2C3CC4CC2CC(O)(C4)C3)n1. The van der Waals surface area contributed by atoms with Gasteiger partial charge in [0.15, 0.2) is 0 Å². The fourth-order valence-electron chi connectivity index (χ4n) is 7.38. The molecule has 0 spiro atoms. The van der Waals surface area contributed by atoms with Crippen LogP contribution in [0, 0.1) is 17.8 Å². The Morgan fingerprint density at radius 3 is 2.50 bits per heavy atom. The Balaban J connectivity index is 1.11. The van der Waals surface area contributed by atoms with Gasteiger partial charge < -0.3 is 26.0 Å². The monoisotopic (exact) mass is 490 g/mol. The smallest absolute Gasteiger partial charge is 0.270 e. The average Bonchev–Trinajstić information content (AvgIpc) is 2.85. The fraction of sp³-hybridized carbons (Fsp3) is 0.556. The number of nitrogens with zero attached hydrogens (tertiary/aromatic N) is 4. The van der Waals surface area contributed by atoms with E-state index in [-0.39, 0.29) is 18.0 Å². The molecule has 1 aliphatic heterocycles. The molecule has 9 heteroatoms. The second-order valence-corrected chi connectivity index (χ2v) is 11.3. The van der Waals surface area contributed by atoms with Crippen LogP contribution < -0.4 is 20.9 Å². The number of primary amides is 1. The molecule has 1 saturated heterocycles. The molecule has 4 aliphatic carbocycles. The van der Waals surface area contributed by atoms with Gasteiger partial charge in [0.1, 0.15) is 17.3 Å². The number of nitrogens with one attached hydrogen (secondary N) is 1. The molecule has 2 aromatic rings. The van der Waals surface area contributed by atoms with Gasteiger partial charge in [0.05, 0.1) is 11.2 Å². The summed E-state index contributed by atoms with van der Waals surface area (Å²) >= 11 is 0. The first-order valence-electron chi connectivity index (χ1n) is 13.1. The van der Waals surface area contributed by atoms with E-state index in [1.807, 2.05) is 18.2 Å². The van der Waals surface area contributed by atoms with Crippen LogP contribution in [0.2, 0.25) is 0 Å². The zero-order valence-corrected chi connectivity index (χ0v) is 20.6. The Labute approximate surface area is 211 Å². The molecule has 2 aromatic heterocycles. The highest BCUT2D eigenvalue weighted by Crippen LogP contribution is 2.55. The van der Waals surface area contributed by atoms with Crippen molar-refractivity contribution in [1.29, 1.82) is 0 Å². The zero-order valence-electron chi connectivity index (χ0n) is 20.6. The first-order chi connectivity index (χ1) is 17.3. The number of carbonyl (C=O) groups excluding carboxylic acids is 2. The Hall–Kier alpha value is -3.20. The first-order valence-corrected chi connectivity index (χ1v) is 13.1. The molecule has 2 amide bonds. The molecule has 2 unspecified atom stereocenters. The molecule has 36 heavy (non-hydrogen) atoms.